The molecule has 3 rings (SSSR count). The average Bonchev–Trinajstić information content (AvgIpc) is 2.62. The van der Waals surface area contributed by atoms with Crippen molar-refractivity contribution in [1.82, 2.24) is 4.98 Å². The molecule has 1 atom stereocenters. The first-order chi connectivity index (χ1) is 13.2. The van der Waals surface area contributed by atoms with Crippen LogP contribution in [0.2, 0.25) is 0 Å². The molecule has 2 aromatic rings. The maximum Gasteiger partial charge on any atom is 0.276 e. The molecular formula is C17H15BrF3N5O2. The first-order valence-electron chi connectivity index (χ1n) is 7.95. The third-order valence-corrected chi connectivity index (χ3v) is 4.50. The van der Waals surface area contributed by atoms with Crippen LogP contribution in [0.25, 0.3) is 0 Å². The minimum absolute atomic E-state index is 0.0601. The highest BCUT2D eigenvalue weighted by Crippen LogP contribution is 2.38. The molecule has 148 valence electrons. The molecule has 0 saturated heterocycles. The molecule has 2 heterocycles. The predicted molar refractivity (Wildman–Crippen MR) is 101 cm³/mol. The van der Waals surface area contributed by atoms with Gasteiger partial charge in [-0.1, -0.05) is 0 Å². The molecular weight excluding hydrogens is 443 g/mol. The summed E-state index contributed by atoms with van der Waals surface area (Å²) in [5, 5.41) is 2.46. The van der Waals surface area contributed by atoms with Crippen molar-refractivity contribution >= 4 is 39.0 Å². The Labute approximate surface area is 166 Å². The summed E-state index contributed by atoms with van der Waals surface area (Å²) < 4.78 is 47.7. The normalized spacial score (nSPS) is 19.4. The average molecular weight is 458 g/mol. The summed E-state index contributed by atoms with van der Waals surface area (Å²) in [5.41, 5.74) is 8.65. The fourth-order valence-electron chi connectivity index (χ4n) is 2.77. The van der Waals surface area contributed by atoms with Crippen LogP contribution < -0.4 is 16.8 Å². The second-order valence-corrected chi connectivity index (χ2v) is 6.98. The minimum Gasteiger partial charge on any atom is -0.397 e. The van der Waals surface area contributed by atoms with Crippen molar-refractivity contribution < 1.29 is 22.7 Å². The van der Waals surface area contributed by atoms with Crippen LogP contribution in [-0.4, -0.2) is 36.4 Å². The van der Waals surface area contributed by atoms with Crippen LogP contribution >= 0.6 is 15.9 Å². The zero-order chi connectivity index (χ0) is 20.5. The zero-order valence-electron chi connectivity index (χ0n) is 14.3. The number of halogens is 4. The number of amidine groups is 1. The number of alkyl halides is 2. The zero-order valence-corrected chi connectivity index (χ0v) is 15.8. The Morgan fingerprint density at radius 1 is 1.32 bits per heavy atom. The quantitative estimate of drug-likeness (QED) is 0.652. The van der Waals surface area contributed by atoms with Crippen LogP contribution in [0.4, 0.5) is 24.5 Å². The van der Waals surface area contributed by atoms with Crippen LogP contribution in [0.5, 0.6) is 0 Å². The lowest BCUT2D eigenvalue weighted by Gasteiger charge is -2.33. The smallest absolute Gasteiger partial charge is 0.276 e. The molecule has 28 heavy (non-hydrogen) atoms. The molecule has 0 saturated carbocycles. The van der Waals surface area contributed by atoms with Crippen LogP contribution in [0, 0.1) is 5.82 Å². The van der Waals surface area contributed by atoms with E-state index in [-0.39, 0.29) is 29.5 Å². The summed E-state index contributed by atoms with van der Waals surface area (Å²) in [7, 11) is 0. The lowest BCUT2D eigenvalue weighted by molar-refractivity contribution is -0.0145. The van der Waals surface area contributed by atoms with E-state index in [4.69, 9.17) is 16.2 Å². The van der Waals surface area contributed by atoms with E-state index in [1.165, 1.54) is 18.3 Å². The second-order valence-electron chi connectivity index (χ2n) is 6.06. The molecule has 7 nitrogen and oxygen atoms in total. The Morgan fingerprint density at radius 2 is 2.07 bits per heavy atom. The molecule has 1 aromatic carbocycles. The molecule has 0 aliphatic carbocycles. The molecule has 0 fully saturated rings. The number of hydrogen-bond donors (Lipinski definition) is 3. The Morgan fingerprint density at radius 3 is 2.71 bits per heavy atom. The van der Waals surface area contributed by atoms with Crippen LogP contribution in [-0.2, 0) is 10.3 Å². The molecule has 11 heteroatoms. The van der Waals surface area contributed by atoms with E-state index in [0.717, 1.165) is 12.1 Å². The van der Waals surface area contributed by atoms with Crippen molar-refractivity contribution in [3.63, 3.8) is 0 Å². The summed E-state index contributed by atoms with van der Waals surface area (Å²) >= 11 is 3.18. The Hall–Kier alpha value is -2.66. The number of amides is 1. The highest BCUT2D eigenvalue weighted by Gasteiger charge is 2.46. The lowest BCUT2D eigenvalue weighted by atomic mass is 9.90. The van der Waals surface area contributed by atoms with E-state index >= 15 is 0 Å². The predicted octanol–water partition coefficient (Wildman–Crippen LogP) is 2.67. The number of carbonyl (C=O) groups is 1. The van der Waals surface area contributed by atoms with E-state index in [9.17, 15) is 18.0 Å². The van der Waals surface area contributed by atoms with Crippen molar-refractivity contribution in [2.45, 2.75) is 12.0 Å². The van der Waals surface area contributed by atoms with Gasteiger partial charge in [-0.25, -0.2) is 18.2 Å². The van der Waals surface area contributed by atoms with Gasteiger partial charge in [-0.15, -0.1) is 0 Å². The number of nitrogens with one attached hydrogen (secondary N) is 1. The first kappa shape index (κ1) is 20.1. The van der Waals surface area contributed by atoms with E-state index in [1.807, 2.05) is 0 Å². The van der Waals surface area contributed by atoms with Gasteiger partial charge in [0.25, 0.3) is 12.3 Å². The number of aliphatic imine (C=N–C) groups is 1. The molecule has 0 radical (unpaired) electrons. The highest BCUT2D eigenvalue weighted by molar-refractivity contribution is 9.10. The van der Waals surface area contributed by atoms with Gasteiger partial charge in [0, 0.05) is 21.9 Å². The monoisotopic (exact) mass is 457 g/mol. The fourth-order valence-corrected chi connectivity index (χ4v) is 3.12. The van der Waals surface area contributed by atoms with Gasteiger partial charge in [0.2, 0.25) is 0 Å². The standard InChI is InChI=1S/C17H15BrF3N5O2/c18-8-3-12(22)14(24-5-8)15(27)25-9-1-2-11(19)10(4-9)17(16(20)21)7-28-6-13(23)26-17/h1-5,16H,6-7,22H2,(H2,23,26)(H,25,27). The second kappa shape index (κ2) is 7.76. The number of ether oxygens (including phenoxy) is 1. The summed E-state index contributed by atoms with van der Waals surface area (Å²) in [6, 6.07) is 4.73. The van der Waals surface area contributed by atoms with E-state index in [2.05, 4.69) is 31.2 Å². The fraction of sp³-hybridized carbons (Fsp3) is 0.235. The van der Waals surface area contributed by atoms with E-state index < -0.39 is 35.9 Å². The van der Waals surface area contributed by atoms with Crippen LogP contribution in [0.15, 0.2) is 39.9 Å². The summed E-state index contributed by atoms with van der Waals surface area (Å²) in [5.74, 6) is -1.79. The topological polar surface area (TPSA) is 116 Å². The van der Waals surface area contributed by atoms with Gasteiger partial charge in [-0.3, -0.25) is 9.79 Å². The maximum absolute atomic E-state index is 14.4. The number of rotatable bonds is 4. The van der Waals surface area contributed by atoms with Gasteiger partial charge in [0.05, 0.1) is 12.3 Å². The lowest BCUT2D eigenvalue weighted by Crippen LogP contribution is -2.45. The number of anilines is 2. The van der Waals surface area contributed by atoms with Gasteiger partial charge >= 0.3 is 0 Å². The Kier molecular flexibility index (Phi) is 5.57. The number of carbonyl (C=O) groups excluding carboxylic acids is 1. The third kappa shape index (κ3) is 3.80. The van der Waals surface area contributed by atoms with Crippen molar-refractivity contribution in [2.24, 2.45) is 10.7 Å². The number of hydrogen-bond acceptors (Lipinski definition) is 6. The number of nitrogens with zero attached hydrogens (tertiary/aromatic N) is 2. The molecule has 1 amide bonds. The van der Waals surface area contributed by atoms with Gasteiger partial charge in [-0.05, 0) is 40.2 Å². The van der Waals surface area contributed by atoms with Gasteiger partial charge in [0.15, 0.2) is 11.2 Å². The molecule has 1 unspecified atom stereocenters. The van der Waals surface area contributed by atoms with Crippen LogP contribution in [0.3, 0.4) is 0 Å². The number of benzene rings is 1. The molecule has 1 aliphatic heterocycles. The van der Waals surface area contributed by atoms with Crippen molar-refractivity contribution in [3.8, 4) is 0 Å². The molecule has 1 aliphatic rings. The van der Waals surface area contributed by atoms with Gasteiger partial charge < -0.3 is 21.5 Å². The molecule has 5 N–H and O–H groups in total. The van der Waals surface area contributed by atoms with Crippen LogP contribution in [0.1, 0.15) is 16.1 Å². The summed E-state index contributed by atoms with van der Waals surface area (Å²) in [6.07, 6.45) is -1.71. The van der Waals surface area contributed by atoms with Crippen molar-refractivity contribution in [1.29, 1.82) is 0 Å². The SMILES string of the molecule is NC1=NC(c2cc(NC(=O)c3ncc(Br)cc3N)ccc2F)(C(F)F)COC1. The van der Waals surface area contributed by atoms with Gasteiger partial charge in [0.1, 0.15) is 18.3 Å². The molecule has 0 spiro atoms. The van der Waals surface area contributed by atoms with Gasteiger partial charge in [-0.2, -0.15) is 0 Å². The van der Waals surface area contributed by atoms with Crippen molar-refractivity contribution in [2.75, 3.05) is 24.3 Å². The summed E-state index contributed by atoms with van der Waals surface area (Å²) in [6.45, 7) is -0.679. The third-order valence-electron chi connectivity index (χ3n) is 4.07. The highest BCUT2D eigenvalue weighted by atomic mass is 79.9. The first-order valence-corrected chi connectivity index (χ1v) is 8.75. The minimum atomic E-state index is -3.09. The number of aromatic nitrogens is 1. The number of nitrogen functional groups attached to an aromatic ring is 1. The molecule has 0 bridgehead atoms. The summed E-state index contributed by atoms with van der Waals surface area (Å²) in [4.78, 5) is 20.1. The maximum atomic E-state index is 14.4. The molecule has 1 aromatic heterocycles. The van der Waals surface area contributed by atoms with Crippen molar-refractivity contribution in [3.05, 3.63) is 52.0 Å². The largest absolute Gasteiger partial charge is 0.397 e. The van der Waals surface area contributed by atoms with E-state index in [0.29, 0.717) is 4.47 Å². The Bertz CT molecular complexity index is 956. The number of pyridine rings is 1. The number of nitrogens with two attached hydrogens (primary N) is 2. The Balaban J connectivity index is 1.97. The van der Waals surface area contributed by atoms with E-state index in [1.54, 1.807) is 0 Å².